The fourth-order valence-electron chi connectivity index (χ4n) is 1.10. The number of carbonyl (C=O) groups is 2. The molecule has 1 aliphatic heterocycles. The van der Waals surface area contributed by atoms with Gasteiger partial charge in [-0.15, -0.1) is 11.8 Å². The first kappa shape index (κ1) is 10.7. The third-order valence-corrected chi connectivity index (χ3v) is 3.30. The van der Waals surface area contributed by atoms with Crippen LogP contribution in [0.3, 0.4) is 0 Å². The van der Waals surface area contributed by atoms with E-state index in [1.54, 1.807) is 0 Å². The number of aliphatic carboxylic acids is 1. The Morgan fingerprint density at radius 3 is 2.92 bits per heavy atom. The zero-order valence-corrected chi connectivity index (χ0v) is 8.86. The molecule has 1 saturated heterocycles. The number of thioether (sulfide) groups is 2. The smallest absolute Gasteiger partial charge is 0.327 e. The Kier molecular flexibility index (Phi) is 3.92. The van der Waals surface area contributed by atoms with Crippen LogP contribution in [0.15, 0.2) is 0 Å². The van der Waals surface area contributed by atoms with Gasteiger partial charge in [-0.3, -0.25) is 4.79 Å². The molecule has 1 unspecified atom stereocenters. The minimum absolute atomic E-state index is 0.0788. The van der Waals surface area contributed by atoms with Crippen LogP contribution in [0.5, 0.6) is 0 Å². The van der Waals surface area contributed by atoms with Crippen molar-refractivity contribution >= 4 is 35.4 Å². The molecule has 1 rings (SSSR count). The highest BCUT2D eigenvalue weighted by Gasteiger charge is 2.33. The highest BCUT2D eigenvalue weighted by molar-refractivity contribution is 7.99. The average Bonchev–Trinajstić information content (AvgIpc) is 2.52. The fraction of sp³-hybridized carbons (Fsp3) is 0.714. The molecule has 0 aromatic rings. The van der Waals surface area contributed by atoms with E-state index in [1.807, 2.05) is 6.26 Å². The standard InChI is InChI=1S/C7H11NO3S2/c1-12-3-6(9)8-4-13-2-5(8)7(10)11/h5H,2-4H2,1H3,(H,10,11). The van der Waals surface area contributed by atoms with Crippen LogP contribution in [0.25, 0.3) is 0 Å². The van der Waals surface area contributed by atoms with Gasteiger partial charge < -0.3 is 10.0 Å². The first-order valence-corrected chi connectivity index (χ1v) is 6.30. The van der Waals surface area contributed by atoms with Crippen LogP contribution in [0.4, 0.5) is 0 Å². The van der Waals surface area contributed by atoms with Gasteiger partial charge in [-0.2, -0.15) is 11.8 Å². The van der Waals surface area contributed by atoms with Crippen molar-refractivity contribution in [3.05, 3.63) is 0 Å². The molecule has 1 amide bonds. The number of rotatable bonds is 3. The van der Waals surface area contributed by atoms with Crippen molar-refractivity contribution in [3.63, 3.8) is 0 Å². The lowest BCUT2D eigenvalue weighted by atomic mass is 10.3. The highest BCUT2D eigenvalue weighted by atomic mass is 32.2. The lowest BCUT2D eigenvalue weighted by Gasteiger charge is -2.19. The number of carboxylic acids is 1. The normalized spacial score (nSPS) is 21.9. The van der Waals surface area contributed by atoms with Gasteiger partial charge in [0.1, 0.15) is 6.04 Å². The van der Waals surface area contributed by atoms with Crippen LogP contribution in [-0.2, 0) is 9.59 Å². The van der Waals surface area contributed by atoms with Gasteiger partial charge in [0, 0.05) is 5.75 Å². The van der Waals surface area contributed by atoms with E-state index >= 15 is 0 Å². The van der Waals surface area contributed by atoms with E-state index in [0.29, 0.717) is 17.4 Å². The molecule has 0 radical (unpaired) electrons. The molecule has 0 aromatic carbocycles. The van der Waals surface area contributed by atoms with Crippen molar-refractivity contribution in [2.75, 3.05) is 23.6 Å². The third-order valence-electron chi connectivity index (χ3n) is 1.76. The molecule has 1 heterocycles. The van der Waals surface area contributed by atoms with E-state index in [4.69, 9.17) is 5.11 Å². The topological polar surface area (TPSA) is 57.6 Å². The molecular formula is C7H11NO3S2. The summed E-state index contributed by atoms with van der Waals surface area (Å²) in [6.07, 6.45) is 1.83. The number of hydrogen-bond donors (Lipinski definition) is 1. The van der Waals surface area contributed by atoms with Crippen LogP contribution < -0.4 is 0 Å². The first-order valence-electron chi connectivity index (χ1n) is 3.75. The number of hydrogen-bond acceptors (Lipinski definition) is 4. The summed E-state index contributed by atoms with van der Waals surface area (Å²) in [6.45, 7) is 0. The summed E-state index contributed by atoms with van der Waals surface area (Å²) in [4.78, 5) is 23.5. The summed E-state index contributed by atoms with van der Waals surface area (Å²) in [7, 11) is 0. The van der Waals surface area contributed by atoms with Crippen molar-refractivity contribution < 1.29 is 14.7 Å². The lowest BCUT2D eigenvalue weighted by Crippen LogP contribution is -2.42. The van der Waals surface area contributed by atoms with E-state index in [0.717, 1.165) is 0 Å². The van der Waals surface area contributed by atoms with Gasteiger partial charge in [-0.25, -0.2) is 4.79 Å². The quantitative estimate of drug-likeness (QED) is 0.744. The van der Waals surface area contributed by atoms with E-state index in [-0.39, 0.29) is 5.91 Å². The van der Waals surface area contributed by atoms with Crippen LogP contribution in [0, 0.1) is 0 Å². The predicted molar refractivity (Wildman–Crippen MR) is 54.0 cm³/mol. The largest absolute Gasteiger partial charge is 0.480 e. The summed E-state index contributed by atoms with van der Waals surface area (Å²) in [6, 6.07) is -0.621. The SMILES string of the molecule is CSCC(=O)N1CSCC1C(=O)O. The number of carbonyl (C=O) groups excluding carboxylic acids is 1. The Morgan fingerprint density at radius 2 is 2.38 bits per heavy atom. The zero-order valence-electron chi connectivity index (χ0n) is 7.23. The summed E-state index contributed by atoms with van der Waals surface area (Å²) >= 11 is 2.90. The molecule has 0 saturated carbocycles. The Labute approximate surface area is 85.0 Å². The molecule has 0 aliphatic carbocycles. The number of carboxylic acid groups (broad SMARTS) is 1. The maximum atomic E-state index is 11.4. The molecule has 4 nitrogen and oxygen atoms in total. The van der Waals surface area contributed by atoms with E-state index < -0.39 is 12.0 Å². The van der Waals surface area contributed by atoms with E-state index in [2.05, 4.69) is 0 Å². The summed E-state index contributed by atoms with van der Waals surface area (Å²) in [5.41, 5.74) is 0. The summed E-state index contributed by atoms with van der Waals surface area (Å²) in [5.74, 6) is 0.403. The minimum atomic E-state index is -0.903. The highest BCUT2D eigenvalue weighted by Crippen LogP contribution is 2.21. The van der Waals surface area contributed by atoms with Gasteiger partial charge in [0.25, 0.3) is 0 Å². The van der Waals surface area contributed by atoms with Crippen molar-refractivity contribution in [1.29, 1.82) is 0 Å². The third kappa shape index (κ3) is 2.54. The molecule has 74 valence electrons. The van der Waals surface area contributed by atoms with Gasteiger partial charge >= 0.3 is 5.97 Å². The van der Waals surface area contributed by atoms with Crippen molar-refractivity contribution in [2.24, 2.45) is 0 Å². The molecule has 1 atom stereocenters. The average molecular weight is 221 g/mol. The number of amides is 1. The van der Waals surface area contributed by atoms with Crippen LogP contribution >= 0.6 is 23.5 Å². The van der Waals surface area contributed by atoms with E-state index in [9.17, 15) is 9.59 Å². The summed E-state index contributed by atoms with van der Waals surface area (Å²) in [5, 5.41) is 8.79. The fourth-order valence-corrected chi connectivity index (χ4v) is 2.68. The molecule has 6 heteroatoms. The Bertz CT molecular complexity index is 222. The molecule has 1 fully saturated rings. The molecule has 0 spiro atoms. The van der Waals surface area contributed by atoms with Gasteiger partial charge in [0.2, 0.25) is 5.91 Å². The maximum Gasteiger partial charge on any atom is 0.327 e. The molecule has 1 N–H and O–H groups in total. The second-order valence-electron chi connectivity index (χ2n) is 2.65. The minimum Gasteiger partial charge on any atom is -0.480 e. The maximum absolute atomic E-state index is 11.4. The Hall–Kier alpha value is -0.360. The Balaban J connectivity index is 2.57. The molecular weight excluding hydrogens is 210 g/mol. The number of nitrogens with zero attached hydrogens (tertiary/aromatic N) is 1. The van der Waals surface area contributed by atoms with Crippen LogP contribution in [0.2, 0.25) is 0 Å². The van der Waals surface area contributed by atoms with Crippen molar-refractivity contribution in [2.45, 2.75) is 6.04 Å². The van der Waals surface area contributed by atoms with Crippen LogP contribution in [0.1, 0.15) is 0 Å². The van der Waals surface area contributed by atoms with E-state index in [1.165, 1.54) is 28.4 Å². The molecule has 1 aliphatic rings. The van der Waals surface area contributed by atoms with Gasteiger partial charge in [0.05, 0.1) is 11.6 Å². The zero-order chi connectivity index (χ0) is 9.84. The lowest BCUT2D eigenvalue weighted by molar-refractivity contribution is -0.146. The van der Waals surface area contributed by atoms with Gasteiger partial charge in [-0.1, -0.05) is 0 Å². The molecule has 0 bridgehead atoms. The summed E-state index contributed by atoms with van der Waals surface area (Å²) < 4.78 is 0. The monoisotopic (exact) mass is 221 g/mol. The van der Waals surface area contributed by atoms with Crippen LogP contribution in [-0.4, -0.2) is 51.6 Å². The molecule has 13 heavy (non-hydrogen) atoms. The second-order valence-corrected chi connectivity index (χ2v) is 4.52. The first-order chi connectivity index (χ1) is 6.16. The Morgan fingerprint density at radius 1 is 1.69 bits per heavy atom. The second kappa shape index (κ2) is 4.76. The van der Waals surface area contributed by atoms with Gasteiger partial charge in [-0.05, 0) is 6.26 Å². The van der Waals surface area contributed by atoms with Crippen molar-refractivity contribution in [3.8, 4) is 0 Å². The molecule has 0 aromatic heterocycles. The predicted octanol–water partition coefficient (Wildman–Crippen LogP) is 0.336. The van der Waals surface area contributed by atoms with Gasteiger partial charge in [0.15, 0.2) is 0 Å². The van der Waals surface area contributed by atoms with Crippen molar-refractivity contribution in [1.82, 2.24) is 4.90 Å².